The number of allylic oxidation sites excluding steroid dienone is 12. The summed E-state index contributed by atoms with van der Waals surface area (Å²) in [6.07, 6.45) is 45.9. The Bertz CT molecular complexity index is 1510. The van der Waals surface area contributed by atoms with Crippen LogP contribution in [0.1, 0.15) is 226 Å². The summed E-state index contributed by atoms with van der Waals surface area (Å²) in [5.74, 6) is -3.17. The van der Waals surface area contributed by atoms with Crippen molar-refractivity contribution in [3.8, 4) is 0 Å². The van der Waals surface area contributed by atoms with E-state index in [0.29, 0.717) is 19.3 Å². The first-order valence-electron chi connectivity index (χ1n) is 27.9. The first-order valence-corrected chi connectivity index (χ1v) is 27.9. The van der Waals surface area contributed by atoms with Gasteiger partial charge in [-0.15, -0.1) is 0 Å². The van der Waals surface area contributed by atoms with Crippen molar-refractivity contribution >= 4 is 23.9 Å². The summed E-state index contributed by atoms with van der Waals surface area (Å²) in [5, 5.41) is 31.4. The third-order valence-corrected chi connectivity index (χ3v) is 12.2. The highest BCUT2D eigenvalue weighted by Gasteiger charge is 2.50. The number of ether oxygens (including phenoxy) is 5. The minimum Gasteiger partial charge on any atom is -0.479 e. The summed E-state index contributed by atoms with van der Waals surface area (Å²) in [6, 6.07) is 0. The molecule has 3 N–H and O–H groups in total. The molecule has 12 heteroatoms. The van der Waals surface area contributed by atoms with Crippen molar-refractivity contribution in [3.05, 3.63) is 72.9 Å². The van der Waals surface area contributed by atoms with Gasteiger partial charge >= 0.3 is 23.9 Å². The monoisotopic (exact) mass is 999 g/mol. The molecule has 0 aromatic heterocycles. The van der Waals surface area contributed by atoms with Crippen LogP contribution in [0, 0.1) is 0 Å². The Morgan fingerprint density at radius 3 is 1.41 bits per heavy atom. The van der Waals surface area contributed by atoms with Gasteiger partial charge in [0.2, 0.25) is 0 Å². The molecule has 1 aliphatic heterocycles. The summed E-state index contributed by atoms with van der Waals surface area (Å²) in [7, 11) is 0. The van der Waals surface area contributed by atoms with Crippen LogP contribution in [-0.4, -0.2) is 89.2 Å². The van der Waals surface area contributed by atoms with E-state index in [2.05, 4.69) is 93.7 Å². The molecule has 1 aliphatic rings. The van der Waals surface area contributed by atoms with E-state index < -0.39 is 67.3 Å². The number of esters is 3. The molecule has 6 unspecified atom stereocenters. The Morgan fingerprint density at radius 1 is 0.479 bits per heavy atom. The van der Waals surface area contributed by atoms with Gasteiger partial charge in [-0.2, -0.15) is 0 Å². The maximum atomic E-state index is 13.1. The van der Waals surface area contributed by atoms with Gasteiger partial charge in [0, 0.05) is 19.3 Å². The number of aliphatic hydroxyl groups excluding tert-OH is 2. The Balaban J connectivity index is 2.72. The molecule has 12 nitrogen and oxygen atoms in total. The molecule has 1 saturated heterocycles. The fraction of sp³-hybridized carbons (Fsp3) is 0.729. The smallest absolute Gasteiger partial charge is 0.335 e. The lowest BCUT2D eigenvalue weighted by molar-refractivity contribution is -0.301. The molecule has 0 spiro atoms. The summed E-state index contributed by atoms with van der Waals surface area (Å²) in [4.78, 5) is 50.9. The van der Waals surface area contributed by atoms with Gasteiger partial charge in [0.05, 0.1) is 6.61 Å². The van der Waals surface area contributed by atoms with E-state index in [0.717, 1.165) is 122 Å². The van der Waals surface area contributed by atoms with Gasteiger partial charge < -0.3 is 39.0 Å². The van der Waals surface area contributed by atoms with Crippen LogP contribution in [0.2, 0.25) is 0 Å². The number of rotatable bonds is 46. The zero-order chi connectivity index (χ0) is 51.8. The van der Waals surface area contributed by atoms with Crippen molar-refractivity contribution in [2.24, 2.45) is 0 Å². The number of carbonyl (C=O) groups excluding carboxylic acids is 3. The number of carbonyl (C=O) groups is 4. The van der Waals surface area contributed by atoms with Crippen molar-refractivity contribution in [2.45, 2.75) is 263 Å². The molecule has 6 atom stereocenters. The molecule has 71 heavy (non-hydrogen) atoms. The first kappa shape index (κ1) is 65.2. The van der Waals surface area contributed by atoms with Gasteiger partial charge in [-0.05, 0) is 83.5 Å². The number of carboxylic acids is 1. The van der Waals surface area contributed by atoms with Crippen LogP contribution in [-0.2, 0) is 42.9 Å². The Kier molecular flexibility index (Phi) is 43.3. The van der Waals surface area contributed by atoms with Crippen LogP contribution in [0.25, 0.3) is 0 Å². The summed E-state index contributed by atoms with van der Waals surface area (Å²) in [6.45, 7) is 5.76. The van der Waals surface area contributed by atoms with E-state index in [1.807, 2.05) is 0 Å². The third kappa shape index (κ3) is 37.6. The molecule has 1 fully saturated rings. The van der Waals surface area contributed by atoms with Crippen LogP contribution in [0.3, 0.4) is 0 Å². The molecule has 0 aromatic rings. The summed E-state index contributed by atoms with van der Waals surface area (Å²) >= 11 is 0. The van der Waals surface area contributed by atoms with E-state index >= 15 is 0 Å². The molecule has 0 bridgehead atoms. The number of aliphatic carboxylic acids is 1. The minimum absolute atomic E-state index is 0.0406. The van der Waals surface area contributed by atoms with Crippen LogP contribution in [0.5, 0.6) is 0 Å². The molecular weight excluding hydrogens is 901 g/mol. The second-order valence-electron chi connectivity index (χ2n) is 18.8. The molecule has 0 aromatic carbocycles. The number of carboxylic acid groups (broad SMARTS) is 1. The zero-order valence-electron chi connectivity index (χ0n) is 44.4. The quantitative estimate of drug-likeness (QED) is 0.0228. The van der Waals surface area contributed by atoms with E-state index in [1.54, 1.807) is 0 Å². The first-order chi connectivity index (χ1) is 34.6. The van der Waals surface area contributed by atoms with Gasteiger partial charge in [0.25, 0.3) is 0 Å². The highest BCUT2D eigenvalue weighted by Crippen LogP contribution is 2.26. The lowest BCUT2D eigenvalue weighted by Gasteiger charge is -2.40. The number of unbranched alkanes of at least 4 members (excludes halogenated alkanes) is 20. The number of aliphatic hydroxyl groups is 2. The fourth-order valence-electron chi connectivity index (χ4n) is 7.98. The predicted octanol–water partition coefficient (Wildman–Crippen LogP) is 13.8. The van der Waals surface area contributed by atoms with Gasteiger partial charge in [-0.1, -0.05) is 196 Å². The predicted molar refractivity (Wildman–Crippen MR) is 285 cm³/mol. The SMILES string of the molecule is CC/C=C\C/C=C\C/C=C\C/C=C\CCCCCCC(=O)OCC(COC1OC(C(=O)O)C(O)C(O)C1OC(=O)CCCCCCC/C=C\C/C=C\CCC)OC(=O)CCCCCCCCCCCCC. The number of hydrogen-bond acceptors (Lipinski definition) is 11. The van der Waals surface area contributed by atoms with Gasteiger partial charge in [0.15, 0.2) is 24.6 Å². The average Bonchev–Trinajstić information content (AvgIpc) is 3.35. The van der Waals surface area contributed by atoms with Gasteiger partial charge in [0.1, 0.15) is 18.8 Å². The van der Waals surface area contributed by atoms with Crippen molar-refractivity contribution in [1.29, 1.82) is 0 Å². The minimum atomic E-state index is -1.91. The second kappa shape index (κ2) is 47.2. The molecule has 1 heterocycles. The van der Waals surface area contributed by atoms with Crippen LogP contribution in [0.15, 0.2) is 72.9 Å². The molecule has 0 amide bonds. The van der Waals surface area contributed by atoms with Crippen molar-refractivity contribution in [3.63, 3.8) is 0 Å². The highest BCUT2D eigenvalue weighted by molar-refractivity contribution is 5.74. The van der Waals surface area contributed by atoms with Crippen molar-refractivity contribution < 1.29 is 58.2 Å². The Morgan fingerprint density at radius 2 is 0.915 bits per heavy atom. The van der Waals surface area contributed by atoms with Gasteiger partial charge in [-0.3, -0.25) is 14.4 Å². The molecule has 406 valence electrons. The molecular formula is C59H98O12. The zero-order valence-corrected chi connectivity index (χ0v) is 44.4. The van der Waals surface area contributed by atoms with E-state index in [1.165, 1.54) is 44.9 Å². The van der Waals surface area contributed by atoms with Crippen molar-refractivity contribution in [2.75, 3.05) is 13.2 Å². The second-order valence-corrected chi connectivity index (χ2v) is 18.8. The van der Waals surface area contributed by atoms with E-state index in [-0.39, 0.29) is 25.9 Å². The van der Waals surface area contributed by atoms with Crippen molar-refractivity contribution in [1.82, 2.24) is 0 Å². The Hall–Kier alpha value is -3.84. The van der Waals surface area contributed by atoms with E-state index in [9.17, 15) is 34.5 Å². The highest BCUT2D eigenvalue weighted by atomic mass is 16.7. The summed E-state index contributed by atoms with van der Waals surface area (Å²) in [5.41, 5.74) is 0. The average molecular weight is 999 g/mol. The normalized spacial score (nSPS) is 19.0. The van der Waals surface area contributed by atoms with Gasteiger partial charge in [-0.25, -0.2) is 4.79 Å². The fourth-order valence-corrected chi connectivity index (χ4v) is 7.98. The number of hydrogen-bond donors (Lipinski definition) is 3. The molecule has 1 rings (SSSR count). The molecule has 0 saturated carbocycles. The standard InChI is InChI=1S/C59H98O12/c1-4-7-10-13-16-19-22-24-25-26-27-29-31-33-36-39-42-45-51(60)67-48-50(69-52(61)46-43-40-37-34-30-21-18-15-12-9-6-3)49-68-59-57(55(64)54(63)56(71-59)58(65)66)70-53(62)47-44-41-38-35-32-28-23-20-17-14-11-8-5-2/h7,10-11,14,16,19-20,23-25,27,29,50,54-57,59,63-64H,4-6,8-9,12-13,15,17-18,21-22,26,28,30-49H2,1-3H3,(H,65,66)/b10-7-,14-11-,19-16-,23-20-,25-24-,29-27-. The molecule has 0 aliphatic carbocycles. The topological polar surface area (TPSA) is 175 Å². The lowest BCUT2D eigenvalue weighted by atomic mass is 9.98. The van der Waals surface area contributed by atoms with Crippen LogP contribution >= 0.6 is 0 Å². The van der Waals surface area contributed by atoms with Crippen LogP contribution in [0.4, 0.5) is 0 Å². The Labute approximate surface area is 429 Å². The maximum absolute atomic E-state index is 13.1. The maximum Gasteiger partial charge on any atom is 0.335 e. The lowest BCUT2D eigenvalue weighted by Crippen LogP contribution is -2.61. The third-order valence-electron chi connectivity index (χ3n) is 12.2. The largest absolute Gasteiger partial charge is 0.479 e. The van der Waals surface area contributed by atoms with E-state index in [4.69, 9.17) is 23.7 Å². The molecule has 0 radical (unpaired) electrons. The summed E-state index contributed by atoms with van der Waals surface area (Å²) < 4.78 is 28.3. The van der Waals surface area contributed by atoms with Crippen LogP contribution < -0.4 is 0 Å².